The van der Waals surface area contributed by atoms with Gasteiger partial charge in [0.15, 0.2) is 0 Å². The van der Waals surface area contributed by atoms with E-state index < -0.39 is 0 Å². The van der Waals surface area contributed by atoms with Crippen molar-refractivity contribution < 1.29 is 4.74 Å². The van der Waals surface area contributed by atoms with Gasteiger partial charge in [0.1, 0.15) is 6.23 Å². The van der Waals surface area contributed by atoms with Crippen LogP contribution in [0.15, 0.2) is 0 Å². The Balaban J connectivity index is 2.32. The Morgan fingerprint density at radius 1 is 1.15 bits per heavy atom. The molecular weight excluding hydrogens is 162 g/mol. The van der Waals surface area contributed by atoms with E-state index >= 15 is 0 Å². The van der Waals surface area contributed by atoms with Crippen LogP contribution >= 0.6 is 0 Å². The van der Waals surface area contributed by atoms with Crippen molar-refractivity contribution in [2.45, 2.75) is 52.2 Å². The summed E-state index contributed by atoms with van der Waals surface area (Å²) < 4.78 is 5.77. The maximum atomic E-state index is 5.77. The second kappa shape index (κ2) is 6.39. The molecule has 13 heavy (non-hydrogen) atoms. The summed E-state index contributed by atoms with van der Waals surface area (Å²) in [6.45, 7) is 7.84. The van der Waals surface area contributed by atoms with Crippen LogP contribution in [0.3, 0.4) is 0 Å². The maximum Gasteiger partial charge on any atom is 0.110 e. The number of hydrogen-bond donors (Lipinski definition) is 0. The lowest BCUT2D eigenvalue weighted by Gasteiger charge is -2.33. The van der Waals surface area contributed by atoms with E-state index in [0.29, 0.717) is 6.23 Å². The average molecular weight is 185 g/mol. The van der Waals surface area contributed by atoms with Crippen molar-refractivity contribution in [1.29, 1.82) is 0 Å². The van der Waals surface area contributed by atoms with Crippen LogP contribution < -0.4 is 0 Å². The van der Waals surface area contributed by atoms with Gasteiger partial charge < -0.3 is 4.74 Å². The van der Waals surface area contributed by atoms with E-state index in [2.05, 4.69) is 18.7 Å². The minimum atomic E-state index is 0.425. The second-order valence-electron chi connectivity index (χ2n) is 3.86. The first-order valence-electron chi connectivity index (χ1n) is 5.74. The quantitative estimate of drug-likeness (QED) is 0.653. The molecule has 1 rings (SSSR count). The Bertz CT molecular complexity index is 115. The predicted molar refractivity (Wildman–Crippen MR) is 55.7 cm³/mol. The summed E-state index contributed by atoms with van der Waals surface area (Å²) in [4.78, 5) is 2.50. The molecule has 1 saturated heterocycles. The molecule has 2 nitrogen and oxygen atoms in total. The SMILES string of the molecule is CCCN(CCC)C1CCCCO1. The average Bonchev–Trinajstić information content (AvgIpc) is 2.19. The van der Waals surface area contributed by atoms with E-state index in [9.17, 15) is 0 Å². The van der Waals surface area contributed by atoms with Crippen molar-refractivity contribution in [3.05, 3.63) is 0 Å². The van der Waals surface area contributed by atoms with E-state index in [1.807, 2.05) is 0 Å². The van der Waals surface area contributed by atoms with Gasteiger partial charge in [-0.3, -0.25) is 4.90 Å². The molecule has 1 unspecified atom stereocenters. The molecule has 1 aliphatic rings. The van der Waals surface area contributed by atoms with Crippen molar-refractivity contribution in [2.75, 3.05) is 19.7 Å². The van der Waals surface area contributed by atoms with Crippen molar-refractivity contribution in [3.8, 4) is 0 Å². The fourth-order valence-electron chi connectivity index (χ4n) is 1.99. The standard InChI is InChI=1S/C11H23NO/c1-3-8-12(9-4-2)11-7-5-6-10-13-11/h11H,3-10H2,1-2H3. The van der Waals surface area contributed by atoms with Gasteiger partial charge in [-0.2, -0.15) is 0 Å². The van der Waals surface area contributed by atoms with Gasteiger partial charge in [0.2, 0.25) is 0 Å². The summed E-state index contributed by atoms with van der Waals surface area (Å²) in [5.41, 5.74) is 0. The lowest BCUT2D eigenvalue weighted by molar-refractivity contribution is -0.0856. The van der Waals surface area contributed by atoms with Crippen molar-refractivity contribution in [1.82, 2.24) is 4.90 Å². The van der Waals surface area contributed by atoms with Crippen molar-refractivity contribution in [3.63, 3.8) is 0 Å². The molecular formula is C11H23NO. The number of ether oxygens (including phenoxy) is 1. The first-order chi connectivity index (χ1) is 6.38. The Kier molecular flexibility index (Phi) is 5.40. The first-order valence-corrected chi connectivity index (χ1v) is 5.74. The van der Waals surface area contributed by atoms with Crippen LogP contribution in [0, 0.1) is 0 Å². The highest BCUT2D eigenvalue weighted by Crippen LogP contribution is 2.17. The molecule has 0 N–H and O–H groups in total. The smallest absolute Gasteiger partial charge is 0.110 e. The van der Waals surface area contributed by atoms with E-state index in [0.717, 1.165) is 6.61 Å². The number of nitrogens with zero attached hydrogens (tertiary/aromatic N) is 1. The fraction of sp³-hybridized carbons (Fsp3) is 1.00. The molecule has 1 aliphatic heterocycles. The van der Waals surface area contributed by atoms with Gasteiger partial charge in [0.25, 0.3) is 0 Å². The molecule has 0 aromatic heterocycles. The van der Waals surface area contributed by atoms with Crippen LogP contribution in [0.2, 0.25) is 0 Å². The summed E-state index contributed by atoms with van der Waals surface area (Å²) in [6.07, 6.45) is 6.73. The van der Waals surface area contributed by atoms with E-state index in [-0.39, 0.29) is 0 Å². The van der Waals surface area contributed by atoms with Gasteiger partial charge in [0, 0.05) is 19.7 Å². The Hall–Kier alpha value is -0.0800. The van der Waals surface area contributed by atoms with Gasteiger partial charge in [-0.1, -0.05) is 13.8 Å². The Morgan fingerprint density at radius 3 is 2.31 bits per heavy atom. The molecule has 1 atom stereocenters. The third-order valence-corrected chi connectivity index (χ3v) is 2.58. The molecule has 0 aliphatic carbocycles. The minimum Gasteiger partial charge on any atom is -0.363 e. The highest BCUT2D eigenvalue weighted by atomic mass is 16.5. The zero-order chi connectivity index (χ0) is 9.52. The van der Waals surface area contributed by atoms with Crippen LogP contribution in [0.25, 0.3) is 0 Å². The summed E-state index contributed by atoms with van der Waals surface area (Å²) in [6, 6.07) is 0. The molecule has 0 aromatic carbocycles. The van der Waals surface area contributed by atoms with E-state index in [4.69, 9.17) is 4.74 Å². The van der Waals surface area contributed by atoms with E-state index in [1.54, 1.807) is 0 Å². The molecule has 0 aromatic rings. The zero-order valence-corrected chi connectivity index (χ0v) is 9.09. The summed E-state index contributed by atoms with van der Waals surface area (Å²) >= 11 is 0. The van der Waals surface area contributed by atoms with Crippen LogP contribution in [-0.2, 0) is 4.74 Å². The van der Waals surface area contributed by atoms with Gasteiger partial charge in [0.05, 0.1) is 0 Å². The molecule has 78 valence electrons. The third-order valence-electron chi connectivity index (χ3n) is 2.58. The molecule has 0 bridgehead atoms. The monoisotopic (exact) mass is 185 g/mol. The molecule has 0 radical (unpaired) electrons. The zero-order valence-electron chi connectivity index (χ0n) is 9.09. The van der Waals surface area contributed by atoms with Gasteiger partial charge >= 0.3 is 0 Å². The topological polar surface area (TPSA) is 12.5 Å². The molecule has 0 spiro atoms. The number of hydrogen-bond acceptors (Lipinski definition) is 2. The lowest BCUT2D eigenvalue weighted by atomic mass is 10.1. The highest BCUT2D eigenvalue weighted by molar-refractivity contribution is 4.66. The second-order valence-corrected chi connectivity index (χ2v) is 3.86. The summed E-state index contributed by atoms with van der Waals surface area (Å²) in [5.74, 6) is 0. The molecule has 0 amide bonds. The third kappa shape index (κ3) is 3.65. The molecule has 1 heterocycles. The fourth-order valence-corrected chi connectivity index (χ4v) is 1.99. The Labute approximate surface area is 82.3 Å². The van der Waals surface area contributed by atoms with Crippen molar-refractivity contribution in [2.24, 2.45) is 0 Å². The van der Waals surface area contributed by atoms with Gasteiger partial charge in [-0.15, -0.1) is 0 Å². The molecule has 1 fully saturated rings. The predicted octanol–water partition coefficient (Wildman–Crippen LogP) is 2.64. The molecule has 0 saturated carbocycles. The maximum absolute atomic E-state index is 5.77. The highest BCUT2D eigenvalue weighted by Gasteiger charge is 2.19. The van der Waals surface area contributed by atoms with Crippen LogP contribution in [0.5, 0.6) is 0 Å². The van der Waals surface area contributed by atoms with Gasteiger partial charge in [-0.05, 0) is 32.1 Å². The lowest BCUT2D eigenvalue weighted by Crippen LogP contribution is -2.40. The molecule has 2 heteroatoms. The van der Waals surface area contributed by atoms with Crippen LogP contribution in [-0.4, -0.2) is 30.8 Å². The van der Waals surface area contributed by atoms with E-state index in [1.165, 1.54) is 45.2 Å². The summed E-state index contributed by atoms with van der Waals surface area (Å²) in [7, 11) is 0. The minimum absolute atomic E-state index is 0.425. The van der Waals surface area contributed by atoms with Crippen molar-refractivity contribution >= 4 is 0 Å². The summed E-state index contributed by atoms with van der Waals surface area (Å²) in [5, 5.41) is 0. The van der Waals surface area contributed by atoms with Crippen LogP contribution in [0.1, 0.15) is 46.0 Å². The first kappa shape index (κ1) is 11.0. The van der Waals surface area contributed by atoms with Crippen LogP contribution in [0.4, 0.5) is 0 Å². The largest absolute Gasteiger partial charge is 0.363 e. The number of rotatable bonds is 5. The Morgan fingerprint density at radius 2 is 1.85 bits per heavy atom. The normalized spacial score (nSPS) is 23.8. The van der Waals surface area contributed by atoms with Gasteiger partial charge in [-0.25, -0.2) is 0 Å².